The number of nitrogens with zero attached hydrogens (tertiary/aromatic N) is 1. The Hall–Kier alpha value is -2.95. The van der Waals surface area contributed by atoms with Crippen LogP contribution < -0.4 is 5.32 Å². The van der Waals surface area contributed by atoms with Crippen LogP contribution in [0.1, 0.15) is 69.4 Å². The number of benzene rings is 2. The molecule has 2 aromatic rings. The largest absolute Gasteiger partial charge is 0.346 e. The van der Waals surface area contributed by atoms with Gasteiger partial charge in [-0.05, 0) is 37.1 Å². The fourth-order valence-electron chi connectivity index (χ4n) is 3.06. The maximum absolute atomic E-state index is 12.5. The summed E-state index contributed by atoms with van der Waals surface area (Å²) in [7, 11) is 0. The summed E-state index contributed by atoms with van der Waals surface area (Å²) in [5, 5.41) is 2.93. The van der Waals surface area contributed by atoms with Gasteiger partial charge in [-0.15, -0.1) is 0 Å². The summed E-state index contributed by atoms with van der Waals surface area (Å²) in [6, 6.07) is 14.2. The van der Waals surface area contributed by atoms with Crippen LogP contribution in [0.25, 0.3) is 0 Å². The molecule has 0 saturated carbocycles. The number of hydrogen-bond acceptors (Lipinski definition) is 3. The van der Waals surface area contributed by atoms with E-state index in [0.717, 1.165) is 18.4 Å². The summed E-state index contributed by atoms with van der Waals surface area (Å²) < 4.78 is 0. The molecular weight excluding hydrogens is 328 g/mol. The molecule has 0 radical (unpaired) electrons. The van der Waals surface area contributed by atoms with Gasteiger partial charge in [-0.1, -0.05) is 43.7 Å². The number of rotatable bonds is 6. The highest BCUT2D eigenvalue weighted by atomic mass is 16.2. The fourth-order valence-corrected chi connectivity index (χ4v) is 3.06. The highest BCUT2D eigenvalue weighted by Crippen LogP contribution is 2.24. The van der Waals surface area contributed by atoms with Crippen molar-refractivity contribution in [2.45, 2.75) is 32.7 Å². The van der Waals surface area contributed by atoms with Gasteiger partial charge in [-0.3, -0.25) is 19.3 Å². The van der Waals surface area contributed by atoms with Gasteiger partial charge < -0.3 is 5.32 Å². The Labute approximate surface area is 153 Å². The number of hydrogen-bond donors (Lipinski definition) is 1. The minimum absolute atomic E-state index is 0.157. The minimum atomic E-state index is -0.316. The average molecular weight is 350 g/mol. The number of unbranched alkanes of at least 4 members (excludes halogenated alkanes) is 1. The van der Waals surface area contributed by atoms with Crippen molar-refractivity contribution < 1.29 is 14.4 Å². The molecule has 0 aromatic heterocycles. The van der Waals surface area contributed by atoms with Gasteiger partial charge >= 0.3 is 0 Å². The Morgan fingerprint density at radius 3 is 2.42 bits per heavy atom. The first-order valence-electron chi connectivity index (χ1n) is 8.89. The second-order valence-corrected chi connectivity index (χ2v) is 6.48. The normalized spacial score (nSPS) is 14.3. The predicted octanol–water partition coefficient (Wildman–Crippen LogP) is 3.57. The van der Waals surface area contributed by atoms with Gasteiger partial charge in [-0.2, -0.15) is 0 Å². The lowest BCUT2D eigenvalue weighted by molar-refractivity contribution is 0.0652. The maximum atomic E-state index is 12.5. The first-order valence-corrected chi connectivity index (χ1v) is 8.89. The van der Waals surface area contributed by atoms with E-state index in [4.69, 9.17) is 0 Å². The van der Waals surface area contributed by atoms with Crippen LogP contribution in [0.15, 0.2) is 48.5 Å². The predicted molar refractivity (Wildman–Crippen MR) is 99.0 cm³/mol. The van der Waals surface area contributed by atoms with E-state index in [1.165, 1.54) is 11.0 Å². The number of imide groups is 1. The second kappa shape index (κ2) is 7.52. The van der Waals surface area contributed by atoms with Gasteiger partial charge in [0.15, 0.2) is 0 Å². The molecule has 2 aromatic carbocycles. The highest BCUT2D eigenvalue weighted by molar-refractivity contribution is 6.22. The molecule has 5 nitrogen and oxygen atoms in total. The quantitative estimate of drug-likeness (QED) is 0.810. The third-order valence-electron chi connectivity index (χ3n) is 4.62. The van der Waals surface area contributed by atoms with Gasteiger partial charge in [0.2, 0.25) is 0 Å². The van der Waals surface area contributed by atoms with Crippen LogP contribution in [-0.4, -0.2) is 29.2 Å². The van der Waals surface area contributed by atoms with E-state index in [0.29, 0.717) is 23.2 Å². The fraction of sp³-hybridized carbons (Fsp3) is 0.286. The lowest BCUT2D eigenvalue weighted by atomic mass is 10.0. The average Bonchev–Trinajstić information content (AvgIpc) is 2.90. The van der Waals surface area contributed by atoms with Gasteiger partial charge in [-0.25, -0.2) is 0 Å². The molecule has 3 rings (SSSR count). The number of carbonyl (C=O) groups is 3. The molecule has 1 atom stereocenters. The highest BCUT2D eigenvalue weighted by Gasteiger charge is 2.35. The zero-order chi connectivity index (χ0) is 18.7. The molecule has 5 heteroatoms. The van der Waals surface area contributed by atoms with Crippen molar-refractivity contribution in [1.29, 1.82) is 0 Å². The standard InChI is InChI=1S/C21H22N2O3/c1-3-4-12-23-20(25)17-11-10-16(13-18(17)21(23)26)19(24)22-14(2)15-8-6-5-7-9-15/h5-11,13-14H,3-4,12H2,1-2H3,(H,22,24)/t14-/m1/s1. The van der Waals surface area contributed by atoms with E-state index >= 15 is 0 Å². The number of fused-ring (bicyclic) bond motifs is 1. The first-order chi connectivity index (χ1) is 12.5. The Morgan fingerprint density at radius 2 is 1.73 bits per heavy atom. The molecule has 3 amide bonds. The van der Waals surface area contributed by atoms with E-state index in [1.807, 2.05) is 44.2 Å². The Morgan fingerprint density at radius 1 is 1.04 bits per heavy atom. The van der Waals surface area contributed by atoms with Gasteiger partial charge in [0.05, 0.1) is 17.2 Å². The van der Waals surface area contributed by atoms with Crippen molar-refractivity contribution in [2.24, 2.45) is 0 Å². The van der Waals surface area contributed by atoms with E-state index in [1.54, 1.807) is 12.1 Å². The molecule has 0 spiro atoms. The van der Waals surface area contributed by atoms with Gasteiger partial charge in [0.1, 0.15) is 0 Å². The van der Waals surface area contributed by atoms with Crippen molar-refractivity contribution in [1.82, 2.24) is 10.2 Å². The monoisotopic (exact) mass is 350 g/mol. The van der Waals surface area contributed by atoms with Crippen molar-refractivity contribution in [3.8, 4) is 0 Å². The maximum Gasteiger partial charge on any atom is 0.261 e. The van der Waals surface area contributed by atoms with Crippen LogP contribution in [0.4, 0.5) is 0 Å². The topological polar surface area (TPSA) is 66.5 Å². The molecule has 1 N–H and O–H groups in total. The Kier molecular flexibility index (Phi) is 5.16. The van der Waals surface area contributed by atoms with Crippen LogP contribution in [-0.2, 0) is 0 Å². The molecule has 0 saturated heterocycles. The molecule has 134 valence electrons. The zero-order valence-electron chi connectivity index (χ0n) is 15.0. The van der Waals surface area contributed by atoms with E-state index in [-0.39, 0.29) is 23.8 Å². The Bertz CT molecular complexity index is 846. The number of amides is 3. The van der Waals surface area contributed by atoms with Crippen molar-refractivity contribution in [3.63, 3.8) is 0 Å². The van der Waals surface area contributed by atoms with Crippen LogP contribution in [0, 0.1) is 0 Å². The van der Waals surface area contributed by atoms with Crippen LogP contribution >= 0.6 is 0 Å². The summed E-state index contributed by atoms with van der Waals surface area (Å²) in [6.45, 7) is 4.33. The van der Waals surface area contributed by atoms with Crippen LogP contribution in [0.5, 0.6) is 0 Å². The molecular formula is C21H22N2O3. The van der Waals surface area contributed by atoms with E-state index < -0.39 is 0 Å². The second-order valence-electron chi connectivity index (χ2n) is 6.48. The van der Waals surface area contributed by atoms with Crippen molar-refractivity contribution in [3.05, 3.63) is 70.8 Å². The van der Waals surface area contributed by atoms with Crippen molar-refractivity contribution in [2.75, 3.05) is 6.54 Å². The molecule has 0 bridgehead atoms. The SMILES string of the molecule is CCCCN1C(=O)c2ccc(C(=O)N[C@H](C)c3ccccc3)cc2C1=O. The lowest BCUT2D eigenvalue weighted by Crippen LogP contribution is -2.30. The summed E-state index contributed by atoms with van der Waals surface area (Å²) in [6.07, 6.45) is 1.67. The first kappa shape index (κ1) is 17.9. The summed E-state index contributed by atoms with van der Waals surface area (Å²) in [5.74, 6) is -0.858. The summed E-state index contributed by atoms with van der Waals surface area (Å²) in [5.41, 5.74) is 2.06. The van der Waals surface area contributed by atoms with Gasteiger partial charge in [0, 0.05) is 12.1 Å². The number of nitrogens with one attached hydrogen (secondary N) is 1. The third kappa shape index (κ3) is 3.38. The third-order valence-corrected chi connectivity index (χ3v) is 4.62. The molecule has 1 aliphatic heterocycles. The van der Waals surface area contributed by atoms with Crippen LogP contribution in [0.2, 0.25) is 0 Å². The Balaban J connectivity index is 1.78. The van der Waals surface area contributed by atoms with E-state index in [2.05, 4.69) is 5.32 Å². The zero-order valence-corrected chi connectivity index (χ0v) is 15.0. The molecule has 0 fully saturated rings. The number of carbonyl (C=O) groups excluding carboxylic acids is 3. The molecule has 1 heterocycles. The van der Waals surface area contributed by atoms with Crippen LogP contribution in [0.3, 0.4) is 0 Å². The summed E-state index contributed by atoms with van der Waals surface area (Å²) in [4.78, 5) is 38.7. The molecule has 1 aliphatic rings. The minimum Gasteiger partial charge on any atom is -0.346 e. The van der Waals surface area contributed by atoms with Gasteiger partial charge in [0.25, 0.3) is 17.7 Å². The van der Waals surface area contributed by atoms with Crippen molar-refractivity contribution >= 4 is 17.7 Å². The smallest absolute Gasteiger partial charge is 0.261 e. The molecule has 26 heavy (non-hydrogen) atoms. The summed E-state index contributed by atoms with van der Waals surface area (Å²) >= 11 is 0. The molecule has 0 aliphatic carbocycles. The lowest BCUT2D eigenvalue weighted by Gasteiger charge is -2.14. The molecule has 0 unspecified atom stereocenters. The van der Waals surface area contributed by atoms with E-state index in [9.17, 15) is 14.4 Å².